The number of nitrogens with zero attached hydrogens (tertiary/aromatic N) is 4. The minimum absolute atomic E-state index is 0.558. The zero-order chi connectivity index (χ0) is 13.9. The van der Waals surface area contributed by atoms with Crippen LogP contribution in [0.15, 0.2) is 41.2 Å². The molecular weight excluding hydrogens is 252 g/mol. The Morgan fingerprint density at radius 2 is 2.10 bits per heavy atom. The molecule has 0 aliphatic heterocycles. The summed E-state index contributed by atoms with van der Waals surface area (Å²) in [7, 11) is 0. The fourth-order valence-electron chi connectivity index (χ4n) is 2.20. The summed E-state index contributed by atoms with van der Waals surface area (Å²) in [6.07, 6.45) is 4.60. The van der Waals surface area contributed by atoms with Crippen molar-refractivity contribution >= 4 is 0 Å². The van der Waals surface area contributed by atoms with E-state index in [1.54, 1.807) is 6.20 Å². The third kappa shape index (κ3) is 2.34. The molecule has 0 N–H and O–H groups in total. The summed E-state index contributed by atoms with van der Waals surface area (Å²) < 4.78 is 7.36. The van der Waals surface area contributed by atoms with E-state index in [0.29, 0.717) is 18.3 Å². The van der Waals surface area contributed by atoms with E-state index in [1.807, 2.05) is 42.0 Å². The number of rotatable bonds is 4. The Morgan fingerprint density at radius 3 is 2.90 bits per heavy atom. The Hall–Kier alpha value is -2.43. The predicted octanol–water partition coefficient (Wildman–Crippen LogP) is 2.85. The molecule has 0 aliphatic rings. The monoisotopic (exact) mass is 268 g/mol. The van der Waals surface area contributed by atoms with E-state index in [-0.39, 0.29) is 0 Å². The van der Waals surface area contributed by atoms with E-state index in [9.17, 15) is 0 Å². The molecule has 0 aliphatic carbocycles. The molecule has 1 aromatic carbocycles. The van der Waals surface area contributed by atoms with Gasteiger partial charge in [-0.3, -0.25) is 0 Å². The Morgan fingerprint density at radius 1 is 1.25 bits per heavy atom. The van der Waals surface area contributed by atoms with Crippen LogP contribution in [-0.2, 0) is 13.0 Å². The van der Waals surface area contributed by atoms with Crippen LogP contribution in [0.25, 0.3) is 11.4 Å². The van der Waals surface area contributed by atoms with Crippen LogP contribution in [0.3, 0.4) is 0 Å². The molecule has 5 heteroatoms. The van der Waals surface area contributed by atoms with Crippen molar-refractivity contribution in [1.29, 1.82) is 0 Å². The molecule has 0 radical (unpaired) electrons. The Kier molecular flexibility index (Phi) is 3.33. The lowest BCUT2D eigenvalue weighted by Gasteiger charge is -2.01. The van der Waals surface area contributed by atoms with Crippen molar-refractivity contribution in [1.82, 2.24) is 19.7 Å². The van der Waals surface area contributed by atoms with Crippen LogP contribution in [0.4, 0.5) is 0 Å². The van der Waals surface area contributed by atoms with Crippen LogP contribution in [0.2, 0.25) is 0 Å². The molecule has 0 saturated carbocycles. The fraction of sp³-hybridized carbons (Fsp3) is 0.267. The van der Waals surface area contributed by atoms with Crippen molar-refractivity contribution in [3.63, 3.8) is 0 Å². The Balaban J connectivity index is 1.86. The van der Waals surface area contributed by atoms with Crippen molar-refractivity contribution in [3.8, 4) is 11.4 Å². The molecular formula is C15H16N4O. The van der Waals surface area contributed by atoms with Gasteiger partial charge in [-0.05, 0) is 12.5 Å². The van der Waals surface area contributed by atoms with E-state index in [2.05, 4.69) is 22.0 Å². The quantitative estimate of drug-likeness (QED) is 0.730. The van der Waals surface area contributed by atoms with Crippen LogP contribution >= 0.6 is 0 Å². The lowest BCUT2D eigenvalue weighted by atomic mass is 10.1. The second kappa shape index (κ2) is 5.28. The average Bonchev–Trinajstić information content (AvgIpc) is 3.09. The SMILES string of the molecule is CCc1nccn1Cc1nc(-c2ccccc2C)no1. The van der Waals surface area contributed by atoms with Crippen LogP contribution in [0.5, 0.6) is 0 Å². The van der Waals surface area contributed by atoms with Gasteiger partial charge < -0.3 is 9.09 Å². The number of hydrogen-bond acceptors (Lipinski definition) is 4. The second-order valence-corrected chi connectivity index (χ2v) is 4.65. The Bertz CT molecular complexity index is 714. The molecule has 0 amide bonds. The molecule has 3 aromatic rings. The maximum atomic E-state index is 5.34. The molecule has 20 heavy (non-hydrogen) atoms. The first-order valence-electron chi connectivity index (χ1n) is 6.66. The highest BCUT2D eigenvalue weighted by molar-refractivity contribution is 5.58. The molecule has 0 fully saturated rings. The summed E-state index contributed by atoms with van der Waals surface area (Å²) in [6.45, 7) is 4.67. The lowest BCUT2D eigenvalue weighted by Crippen LogP contribution is -2.03. The molecule has 2 heterocycles. The van der Waals surface area contributed by atoms with Crippen molar-refractivity contribution in [2.24, 2.45) is 0 Å². The zero-order valence-electron chi connectivity index (χ0n) is 11.6. The summed E-state index contributed by atoms with van der Waals surface area (Å²) in [5.74, 6) is 2.24. The van der Waals surface area contributed by atoms with Crippen LogP contribution in [-0.4, -0.2) is 19.7 Å². The van der Waals surface area contributed by atoms with E-state index in [4.69, 9.17) is 4.52 Å². The van der Waals surface area contributed by atoms with Crippen LogP contribution in [0, 0.1) is 6.92 Å². The van der Waals surface area contributed by atoms with Gasteiger partial charge in [0.2, 0.25) is 11.7 Å². The molecule has 5 nitrogen and oxygen atoms in total. The van der Waals surface area contributed by atoms with Gasteiger partial charge in [-0.2, -0.15) is 4.98 Å². The van der Waals surface area contributed by atoms with Gasteiger partial charge in [0, 0.05) is 24.4 Å². The Labute approximate surface area is 117 Å². The maximum absolute atomic E-state index is 5.34. The van der Waals surface area contributed by atoms with Gasteiger partial charge in [0.15, 0.2) is 0 Å². The summed E-state index contributed by atoms with van der Waals surface area (Å²) >= 11 is 0. The molecule has 0 atom stereocenters. The topological polar surface area (TPSA) is 56.7 Å². The molecule has 0 unspecified atom stereocenters. The molecule has 0 bridgehead atoms. The summed E-state index contributed by atoms with van der Waals surface area (Å²) in [5, 5.41) is 4.06. The van der Waals surface area contributed by atoms with Gasteiger partial charge in [0.1, 0.15) is 12.4 Å². The van der Waals surface area contributed by atoms with Gasteiger partial charge in [0.05, 0.1) is 0 Å². The molecule has 2 aromatic heterocycles. The van der Waals surface area contributed by atoms with Gasteiger partial charge in [-0.15, -0.1) is 0 Å². The van der Waals surface area contributed by atoms with E-state index in [0.717, 1.165) is 23.4 Å². The van der Waals surface area contributed by atoms with Gasteiger partial charge in [-0.25, -0.2) is 4.98 Å². The third-order valence-corrected chi connectivity index (χ3v) is 3.28. The summed E-state index contributed by atoms with van der Waals surface area (Å²) in [4.78, 5) is 8.75. The van der Waals surface area contributed by atoms with Crippen molar-refractivity contribution < 1.29 is 4.52 Å². The molecule has 0 spiro atoms. The van der Waals surface area contributed by atoms with Crippen molar-refractivity contribution in [3.05, 3.63) is 53.9 Å². The number of hydrogen-bond donors (Lipinski definition) is 0. The standard InChI is InChI=1S/C15H16N4O/c1-3-13-16-8-9-19(13)10-14-17-15(18-20-14)12-7-5-4-6-11(12)2/h4-9H,3,10H2,1-2H3. The summed E-state index contributed by atoms with van der Waals surface area (Å²) in [6, 6.07) is 8.01. The van der Waals surface area contributed by atoms with E-state index in [1.165, 1.54) is 0 Å². The van der Waals surface area contributed by atoms with Crippen LogP contribution < -0.4 is 0 Å². The summed E-state index contributed by atoms with van der Waals surface area (Å²) in [5.41, 5.74) is 2.14. The third-order valence-electron chi connectivity index (χ3n) is 3.28. The number of aromatic nitrogens is 4. The van der Waals surface area contributed by atoms with Crippen molar-refractivity contribution in [2.75, 3.05) is 0 Å². The first kappa shape index (κ1) is 12.6. The maximum Gasteiger partial charge on any atom is 0.246 e. The average molecular weight is 268 g/mol. The smallest absolute Gasteiger partial charge is 0.246 e. The first-order valence-corrected chi connectivity index (χ1v) is 6.66. The van der Waals surface area contributed by atoms with Gasteiger partial charge in [-0.1, -0.05) is 36.3 Å². The second-order valence-electron chi connectivity index (χ2n) is 4.65. The van der Waals surface area contributed by atoms with Crippen LogP contribution in [0.1, 0.15) is 24.2 Å². The minimum Gasteiger partial charge on any atom is -0.337 e. The number of benzene rings is 1. The minimum atomic E-state index is 0.558. The highest BCUT2D eigenvalue weighted by atomic mass is 16.5. The van der Waals surface area contributed by atoms with E-state index >= 15 is 0 Å². The lowest BCUT2D eigenvalue weighted by molar-refractivity contribution is 0.370. The number of aryl methyl sites for hydroxylation is 2. The first-order chi connectivity index (χ1) is 9.78. The van der Waals surface area contributed by atoms with Gasteiger partial charge >= 0.3 is 0 Å². The highest BCUT2D eigenvalue weighted by Crippen LogP contribution is 2.20. The van der Waals surface area contributed by atoms with E-state index < -0.39 is 0 Å². The predicted molar refractivity (Wildman–Crippen MR) is 75.2 cm³/mol. The van der Waals surface area contributed by atoms with Crippen molar-refractivity contribution in [2.45, 2.75) is 26.8 Å². The fourth-order valence-corrected chi connectivity index (χ4v) is 2.20. The molecule has 102 valence electrons. The number of imidazole rings is 1. The largest absolute Gasteiger partial charge is 0.337 e. The highest BCUT2D eigenvalue weighted by Gasteiger charge is 2.11. The molecule has 0 saturated heterocycles. The zero-order valence-corrected chi connectivity index (χ0v) is 11.6. The normalized spacial score (nSPS) is 10.9. The van der Waals surface area contributed by atoms with Gasteiger partial charge in [0.25, 0.3) is 0 Å². The molecule has 3 rings (SSSR count).